The SMILES string of the molecule is CC(C)(C)OC(=O)N1CCC(c2ccc3c(n2)N(c2cccc(Cl)c2C(N)=O)C(=O)C3(C)C)CC1. The number of primary amides is 1. The van der Waals surface area contributed by atoms with E-state index in [-0.39, 0.29) is 28.5 Å². The standard InChI is InChI=1S/C26H31ClN4O4/c1-25(2,3)35-24(34)30-13-11-15(12-14-30)18-10-9-16-22(29-18)31(23(33)26(16,4)5)19-8-6-7-17(27)20(19)21(28)32/h6-10,15H,11-14H2,1-5H3,(H2,28,32). The van der Waals surface area contributed by atoms with Gasteiger partial charge in [0.25, 0.3) is 5.91 Å². The zero-order valence-corrected chi connectivity index (χ0v) is 21.5. The van der Waals surface area contributed by atoms with Gasteiger partial charge in [0, 0.05) is 30.3 Å². The number of piperidine rings is 1. The number of aromatic nitrogens is 1. The van der Waals surface area contributed by atoms with E-state index in [4.69, 9.17) is 27.1 Å². The topological polar surface area (TPSA) is 106 Å². The fourth-order valence-corrected chi connectivity index (χ4v) is 4.95. The summed E-state index contributed by atoms with van der Waals surface area (Å²) >= 11 is 6.28. The largest absolute Gasteiger partial charge is 0.444 e. The molecule has 8 nitrogen and oxygen atoms in total. The van der Waals surface area contributed by atoms with Crippen LogP contribution in [0.1, 0.15) is 75.0 Å². The van der Waals surface area contributed by atoms with E-state index in [1.807, 2.05) is 46.8 Å². The highest BCUT2D eigenvalue weighted by molar-refractivity contribution is 6.35. The number of fused-ring (bicyclic) bond motifs is 1. The predicted molar refractivity (Wildman–Crippen MR) is 134 cm³/mol. The van der Waals surface area contributed by atoms with Gasteiger partial charge >= 0.3 is 6.09 Å². The normalized spacial score (nSPS) is 17.9. The fraction of sp³-hybridized carbons (Fsp3) is 0.462. The van der Waals surface area contributed by atoms with Crippen LogP contribution in [0.15, 0.2) is 30.3 Å². The number of ether oxygens (including phenoxy) is 1. The van der Waals surface area contributed by atoms with Crippen molar-refractivity contribution in [2.75, 3.05) is 18.0 Å². The van der Waals surface area contributed by atoms with E-state index in [2.05, 4.69) is 0 Å². The van der Waals surface area contributed by atoms with Crippen LogP contribution in [-0.4, -0.2) is 46.5 Å². The molecule has 3 heterocycles. The number of pyridine rings is 1. The van der Waals surface area contributed by atoms with Crippen molar-refractivity contribution in [3.05, 3.63) is 52.2 Å². The number of benzene rings is 1. The number of carbonyl (C=O) groups excluding carboxylic acids is 3. The van der Waals surface area contributed by atoms with Crippen molar-refractivity contribution in [2.45, 2.75) is 64.4 Å². The number of likely N-dealkylation sites (tertiary alicyclic amines) is 1. The summed E-state index contributed by atoms with van der Waals surface area (Å²) in [6, 6.07) is 8.80. The van der Waals surface area contributed by atoms with Crippen molar-refractivity contribution >= 4 is 41.0 Å². The van der Waals surface area contributed by atoms with Crippen LogP contribution in [0.3, 0.4) is 0 Å². The molecule has 4 rings (SSSR count). The smallest absolute Gasteiger partial charge is 0.410 e. The van der Waals surface area contributed by atoms with Crippen molar-refractivity contribution < 1.29 is 19.1 Å². The molecule has 1 fully saturated rings. The molecule has 1 aromatic heterocycles. The Kier molecular flexibility index (Phi) is 6.30. The van der Waals surface area contributed by atoms with E-state index in [1.165, 1.54) is 4.90 Å². The Balaban J connectivity index is 1.65. The molecule has 1 aromatic carbocycles. The van der Waals surface area contributed by atoms with Crippen LogP contribution in [0.25, 0.3) is 0 Å². The first-order valence-electron chi connectivity index (χ1n) is 11.7. The molecule has 0 unspecified atom stereocenters. The first kappa shape index (κ1) is 25.0. The van der Waals surface area contributed by atoms with Crippen LogP contribution in [0.5, 0.6) is 0 Å². The molecule has 0 bridgehead atoms. The van der Waals surface area contributed by atoms with Gasteiger partial charge in [-0.05, 0) is 65.7 Å². The summed E-state index contributed by atoms with van der Waals surface area (Å²) in [5, 5.41) is 0.180. The summed E-state index contributed by atoms with van der Waals surface area (Å²) in [4.78, 5) is 46.2. The number of hydrogen-bond donors (Lipinski definition) is 1. The second-order valence-electron chi connectivity index (χ2n) is 10.6. The molecule has 3 amide bonds. The molecule has 2 aliphatic rings. The Bertz CT molecular complexity index is 1200. The van der Waals surface area contributed by atoms with E-state index in [9.17, 15) is 14.4 Å². The Hall–Kier alpha value is -3.13. The molecule has 2 N–H and O–H groups in total. The number of anilines is 2. The summed E-state index contributed by atoms with van der Waals surface area (Å²) in [7, 11) is 0. The molecule has 0 saturated carbocycles. The van der Waals surface area contributed by atoms with E-state index < -0.39 is 16.9 Å². The Morgan fingerprint density at radius 2 is 1.80 bits per heavy atom. The summed E-state index contributed by atoms with van der Waals surface area (Å²) < 4.78 is 5.50. The van der Waals surface area contributed by atoms with Gasteiger partial charge in [-0.2, -0.15) is 0 Å². The van der Waals surface area contributed by atoms with Gasteiger partial charge < -0.3 is 15.4 Å². The third-order valence-corrected chi connectivity index (χ3v) is 6.88. The molecule has 2 aromatic rings. The van der Waals surface area contributed by atoms with Crippen LogP contribution in [-0.2, 0) is 14.9 Å². The van der Waals surface area contributed by atoms with Gasteiger partial charge in [-0.25, -0.2) is 9.78 Å². The molecule has 0 atom stereocenters. The number of nitrogens with two attached hydrogens (primary N) is 1. The monoisotopic (exact) mass is 498 g/mol. The van der Waals surface area contributed by atoms with Crippen molar-refractivity contribution in [3.8, 4) is 0 Å². The van der Waals surface area contributed by atoms with Gasteiger partial charge in [-0.1, -0.05) is 23.7 Å². The van der Waals surface area contributed by atoms with Gasteiger partial charge in [0.1, 0.15) is 11.4 Å². The average Bonchev–Trinajstić information content (AvgIpc) is 2.97. The molecule has 0 spiro atoms. The third-order valence-electron chi connectivity index (χ3n) is 6.56. The van der Waals surface area contributed by atoms with Crippen molar-refractivity contribution in [1.29, 1.82) is 0 Å². The first-order valence-corrected chi connectivity index (χ1v) is 12.1. The number of halogens is 1. The van der Waals surface area contributed by atoms with E-state index in [0.717, 1.165) is 24.1 Å². The van der Waals surface area contributed by atoms with Gasteiger partial charge in [0.2, 0.25) is 5.91 Å². The van der Waals surface area contributed by atoms with E-state index in [1.54, 1.807) is 23.1 Å². The molecular weight excluding hydrogens is 468 g/mol. The average molecular weight is 499 g/mol. The summed E-state index contributed by atoms with van der Waals surface area (Å²) in [5.41, 5.74) is 6.26. The van der Waals surface area contributed by atoms with E-state index >= 15 is 0 Å². The lowest BCUT2D eigenvalue weighted by Crippen LogP contribution is -2.41. The minimum Gasteiger partial charge on any atom is -0.444 e. The Morgan fingerprint density at radius 1 is 1.14 bits per heavy atom. The van der Waals surface area contributed by atoms with Crippen LogP contribution < -0.4 is 10.6 Å². The molecule has 0 aliphatic carbocycles. The number of hydrogen-bond acceptors (Lipinski definition) is 5. The zero-order chi connectivity index (χ0) is 25.7. The Morgan fingerprint density at radius 3 is 2.40 bits per heavy atom. The molecule has 186 valence electrons. The van der Waals surface area contributed by atoms with Gasteiger partial charge in [-0.3, -0.25) is 14.5 Å². The summed E-state index contributed by atoms with van der Waals surface area (Å²) in [6.07, 6.45) is 1.15. The first-order chi connectivity index (χ1) is 16.3. The molecular formula is C26H31ClN4O4. The number of nitrogens with zero attached hydrogens (tertiary/aromatic N) is 3. The summed E-state index contributed by atoms with van der Waals surface area (Å²) in [6.45, 7) is 10.4. The van der Waals surface area contributed by atoms with Crippen LogP contribution in [0, 0.1) is 0 Å². The quantitative estimate of drug-likeness (QED) is 0.647. The van der Waals surface area contributed by atoms with Crippen molar-refractivity contribution in [2.24, 2.45) is 5.73 Å². The lowest BCUT2D eigenvalue weighted by atomic mass is 9.86. The number of rotatable bonds is 3. The maximum absolute atomic E-state index is 13.5. The fourth-order valence-electron chi connectivity index (χ4n) is 4.69. The zero-order valence-electron chi connectivity index (χ0n) is 20.7. The lowest BCUT2D eigenvalue weighted by molar-refractivity contribution is -0.121. The van der Waals surface area contributed by atoms with Crippen molar-refractivity contribution in [1.82, 2.24) is 9.88 Å². The molecule has 9 heteroatoms. The minimum absolute atomic E-state index is 0.0871. The van der Waals surface area contributed by atoms with Crippen LogP contribution >= 0.6 is 11.6 Å². The lowest BCUT2D eigenvalue weighted by Gasteiger charge is -2.33. The van der Waals surface area contributed by atoms with Crippen LogP contribution in [0.4, 0.5) is 16.3 Å². The minimum atomic E-state index is -0.835. The maximum Gasteiger partial charge on any atom is 0.410 e. The number of amides is 3. The highest BCUT2D eigenvalue weighted by Gasteiger charge is 2.47. The van der Waals surface area contributed by atoms with Crippen LogP contribution in [0.2, 0.25) is 5.02 Å². The van der Waals surface area contributed by atoms with Gasteiger partial charge in [0.05, 0.1) is 21.7 Å². The maximum atomic E-state index is 13.5. The highest BCUT2D eigenvalue weighted by atomic mass is 35.5. The molecule has 2 aliphatic heterocycles. The highest BCUT2D eigenvalue weighted by Crippen LogP contribution is 2.46. The predicted octanol–water partition coefficient (Wildman–Crippen LogP) is 4.90. The molecule has 0 radical (unpaired) electrons. The molecule has 1 saturated heterocycles. The van der Waals surface area contributed by atoms with E-state index in [0.29, 0.717) is 24.6 Å². The summed E-state index contributed by atoms with van der Waals surface area (Å²) in [5.74, 6) is -0.316. The second-order valence-corrected chi connectivity index (χ2v) is 11.0. The van der Waals surface area contributed by atoms with Gasteiger partial charge in [-0.15, -0.1) is 0 Å². The second kappa shape index (κ2) is 8.82. The Labute approximate surface area is 210 Å². The van der Waals surface area contributed by atoms with Crippen molar-refractivity contribution in [3.63, 3.8) is 0 Å². The number of carbonyl (C=O) groups is 3. The van der Waals surface area contributed by atoms with Gasteiger partial charge in [0.15, 0.2) is 0 Å². The molecule has 35 heavy (non-hydrogen) atoms. The third kappa shape index (κ3) is 4.59.